The summed E-state index contributed by atoms with van der Waals surface area (Å²) in [7, 11) is -3.87. The first-order valence-electron chi connectivity index (χ1n) is 18.2. The fourth-order valence-corrected chi connectivity index (χ4v) is 6.04. The van der Waals surface area contributed by atoms with E-state index in [4.69, 9.17) is 29.2 Å². The van der Waals surface area contributed by atoms with E-state index in [1.807, 2.05) is 12.1 Å². The lowest BCUT2D eigenvalue weighted by Crippen LogP contribution is -2.28. The molecule has 1 amide bonds. The predicted molar refractivity (Wildman–Crippen MR) is 196 cm³/mol. The van der Waals surface area contributed by atoms with Gasteiger partial charge in [-0.25, -0.2) is 18.2 Å². The average Bonchev–Trinajstić information content (AvgIpc) is 3.12. The first-order chi connectivity index (χ1) is 25.6. The number of anilines is 1. The first-order valence-corrected chi connectivity index (χ1v) is 19.7. The molecular weight excluding hydrogens is 710 g/mol. The number of rotatable bonds is 33. The number of aryl methyl sites for hydroxylation is 1. The van der Waals surface area contributed by atoms with Crippen LogP contribution in [0.3, 0.4) is 0 Å². The molecule has 2 aromatic rings. The highest BCUT2D eigenvalue weighted by molar-refractivity contribution is 7.92. The third-order valence-corrected chi connectivity index (χ3v) is 9.23. The summed E-state index contributed by atoms with van der Waals surface area (Å²) < 4.78 is 49.1. The highest BCUT2D eigenvalue weighted by Gasteiger charge is 2.15. The molecule has 0 aliphatic carbocycles. The van der Waals surface area contributed by atoms with Crippen molar-refractivity contribution in [1.29, 1.82) is 0 Å². The summed E-state index contributed by atoms with van der Waals surface area (Å²) in [6, 6.07) is 9.68. The van der Waals surface area contributed by atoms with Crippen LogP contribution in [0.2, 0.25) is 0 Å². The first kappa shape index (κ1) is 45.2. The monoisotopic (exact) mass is 765 g/mol. The smallest absolute Gasteiger partial charge is 0.329 e. The molecule has 0 aliphatic rings. The highest BCUT2D eigenvalue weighted by atomic mass is 32.2. The Kier molecular flexibility index (Phi) is 23.6. The number of carbonyl (C=O) groups is 4. The number of hydrogen-bond donors (Lipinski definition) is 4. The molecule has 0 saturated heterocycles. The second kappa shape index (κ2) is 27.6. The summed E-state index contributed by atoms with van der Waals surface area (Å²) in [5.74, 6) is -2.15. The van der Waals surface area contributed by atoms with Gasteiger partial charge in [0.05, 0.1) is 43.5 Å². The van der Waals surface area contributed by atoms with Gasteiger partial charge in [-0.3, -0.25) is 19.1 Å². The molecule has 0 aliphatic heterocycles. The molecule has 0 saturated carbocycles. The number of unbranched alkanes of at least 4 members (excludes halogenated alkanes) is 8. The number of carbonyl (C=O) groups excluding carboxylic acids is 2. The van der Waals surface area contributed by atoms with E-state index < -0.39 is 27.9 Å². The normalized spacial score (nSPS) is 11.3. The van der Waals surface area contributed by atoms with Gasteiger partial charge in [0.25, 0.3) is 15.9 Å². The quantitative estimate of drug-likeness (QED) is 0.0730. The third kappa shape index (κ3) is 22.7. The number of ketones is 1. The largest absolute Gasteiger partial charge is 0.481 e. The summed E-state index contributed by atoms with van der Waals surface area (Å²) >= 11 is 0. The predicted octanol–water partition coefficient (Wildman–Crippen LogP) is 4.64. The van der Waals surface area contributed by atoms with Gasteiger partial charge < -0.3 is 34.5 Å². The van der Waals surface area contributed by atoms with Gasteiger partial charge in [0.15, 0.2) is 5.78 Å². The van der Waals surface area contributed by atoms with Crippen LogP contribution in [0.15, 0.2) is 47.5 Å². The van der Waals surface area contributed by atoms with E-state index in [1.165, 1.54) is 24.8 Å². The third-order valence-electron chi connectivity index (χ3n) is 7.86. The van der Waals surface area contributed by atoms with Crippen molar-refractivity contribution in [1.82, 2.24) is 10.3 Å². The minimum absolute atomic E-state index is 0.0444. The molecule has 16 heteroatoms. The lowest BCUT2D eigenvalue weighted by molar-refractivity contribution is -0.142. The summed E-state index contributed by atoms with van der Waals surface area (Å²) in [6.07, 6.45) is 12.8. The molecule has 0 fully saturated rings. The number of nitrogens with zero attached hydrogens (tertiary/aromatic N) is 1. The zero-order valence-corrected chi connectivity index (χ0v) is 31.2. The van der Waals surface area contributed by atoms with Gasteiger partial charge in [-0.2, -0.15) is 0 Å². The Balaban J connectivity index is 1.53. The van der Waals surface area contributed by atoms with Gasteiger partial charge >= 0.3 is 11.9 Å². The van der Waals surface area contributed by atoms with E-state index in [0.29, 0.717) is 19.4 Å². The lowest BCUT2D eigenvalue weighted by Gasteiger charge is -2.10. The molecule has 15 nitrogen and oxygen atoms in total. The molecular formula is C37H55N3O12S. The fourth-order valence-electron chi connectivity index (χ4n) is 5.03. The molecule has 0 unspecified atom stereocenters. The SMILES string of the molecule is O=C(O)CCCCCCCCCCCc1ccc(S(=O)(=O)Nc2ccc(C(=O)NCCOCCOCC(=O)CCCOCCOCC(=O)O)cn2)cc1. The summed E-state index contributed by atoms with van der Waals surface area (Å²) in [4.78, 5) is 49.3. The van der Waals surface area contributed by atoms with E-state index in [1.54, 1.807) is 12.1 Å². The second-order valence-corrected chi connectivity index (χ2v) is 14.1. The van der Waals surface area contributed by atoms with Crippen LogP contribution in [0.1, 0.15) is 93.0 Å². The molecule has 1 aromatic heterocycles. The molecule has 1 aromatic carbocycles. The minimum Gasteiger partial charge on any atom is -0.481 e. The maximum Gasteiger partial charge on any atom is 0.329 e. The van der Waals surface area contributed by atoms with Crippen molar-refractivity contribution in [3.63, 3.8) is 0 Å². The molecule has 4 N–H and O–H groups in total. The van der Waals surface area contributed by atoms with E-state index in [0.717, 1.165) is 63.4 Å². The number of aliphatic carboxylic acids is 2. The number of carboxylic acids is 2. The Morgan fingerprint density at radius 3 is 1.85 bits per heavy atom. The maximum atomic E-state index is 12.9. The van der Waals surface area contributed by atoms with Crippen LogP contribution in [0, 0.1) is 0 Å². The van der Waals surface area contributed by atoms with Crippen LogP contribution >= 0.6 is 0 Å². The Morgan fingerprint density at radius 1 is 0.623 bits per heavy atom. The number of nitrogens with one attached hydrogen (secondary N) is 2. The summed E-state index contributed by atoms with van der Waals surface area (Å²) in [5.41, 5.74) is 1.32. The van der Waals surface area contributed by atoms with Gasteiger partial charge in [-0.15, -0.1) is 0 Å². The van der Waals surface area contributed by atoms with Crippen LogP contribution in [0.25, 0.3) is 0 Å². The van der Waals surface area contributed by atoms with E-state index in [-0.39, 0.29) is 81.3 Å². The number of carboxylic acid groups (broad SMARTS) is 2. The van der Waals surface area contributed by atoms with Crippen LogP contribution in [-0.4, -0.2) is 107 Å². The van der Waals surface area contributed by atoms with Crippen LogP contribution in [-0.2, 0) is 49.8 Å². The van der Waals surface area contributed by atoms with Gasteiger partial charge in [0, 0.05) is 32.2 Å². The van der Waals surface area contributed by atoms with Crippen molar-refractivity contribution >= 4 is 39.5 Å². The Labute approximate surface area is 312 Å². The van der Waals surface area contributed by atoms with Crippen molar-refractivity contribution in [2.45, 2.75) is 88.4 Å². The summed E-state index contributed by atoms with van der Waals surface area (Å²) in [5, 5.41) is 19.8. The van der Waals surface area contributed by atoms with Gasteiger partial charge in [-0.1, -0.05) is 57.1 Å². The molecule has 0 bridgehead atoms. The van der Waals surface area contributed by atoms with Crippen molar-refractivity contribution < 1.29 is 56.8 Å². The number of pyridine rings is 1. The Hall–Kier alpha value is -3.96. The molecule has 1 heterocycles. The van der Waals surface area contributed by atoms with Crippen LogP contribution < -0.4 is 10.0 Å². The molecule has 296 valence electrons. The van der Waals surface area contributed by atoms with Gasteiger partial charge in [-0.05, 0) is 55.5 Å². The van der Waals surface area contributed by atoms with Crippen molar-refractivity contribution in [2.75, 3.05) is 64.1 Å². The van der Waals surface area contributed by atoms with Crippen LogP contribution in [0.5, 0.6) is 0 Å². The Morgan fingerprint density at radius 2 is 1.23 bits per heavy atom. The topological polar surface area (TPSA) is 217 Å². The van der Waals surface area contributed by atoms with Crippen LogP contribution in [0.4, 0.5) is 5.82 Å². The zero-order chi connectivity index (χ0) is 38.6. The van der Waals surface area contributed by atoms with Crippen molar-refractivity contribution in [3.8, 4) is 0 Å². The zero-order valence-electron chi connectivity index (χ0n) is 30.4. The van der Waals surface area contributed by atoms with Gasteiger partial charge in [0.2, 0.25) is 0 Å². The number of benzene rings is 1. The molecule has 0 spiro atoms. The van der Waals surface area contributed by atoms with Crippen molar-refractivity contribution in [3.05, 3.63) is 53.7 Å². The summed E-state index contributed by atoms with van der Waals surface area (Å²) in [6.45, 7) is 1.27. The Bertz CT molecular complexity index is 1450. The van der Waals surface area contributed by atoms with Gasteiger partial charge in [0.1, 0.15) is 19.0 Å². The number of sulfonamides is 1. The fraction of sp³-hybridized carbons (Fsp3) is 0.595. The number of ether oxygens (including phenoxy) is 4. The maximum absolute atomic E-state index is 12.9. The lowest BCUT2D eigenvalue weighted by atomic mass is 10.0. The molecule has 0 atom stereocenters. The second-order valence-electron chi connectivity index (χ2n) is 12.4. The standard InChI is InChI=1S/C37H55N3O12S/c41-32(12-10-21-49-23-26-52-29-36(44)45)28-51-25-24-50-22-20-38-37(46)31-16-19-34(39-27-31)40-53(47,48)33-17-14-30(15-18-33)11-8-6-4-2-1-3-5-7-9-13-35(42)43/h14-19,27H,1-13,20-26,28-29H2,(H,38,46)(H,39,40)(H,42,43)(H,44,45). The highest BCUT2D eigenvalue weighted by Crippen LogP contribution is 2.18. The van der Waals surface area contributed by atoms with Crippen molar-refractivity contribution in [2.24, 2.45) is 0 Å². The molecule has 2 rings (SSSR count). The van der Waals surface area contributed by atoms with E-state index in [9.17, 15) is 27.6 Å². The number of aromatic nitrogens is 1. The number of Topliss-reactive ketones (excluding diaryl/α,β-unsaturated/α-hetero) is 1. The van der Waals surface area contributed by atoms with E-state index in [2.05, 4.69) is 15.0 Å². The number of hydrogen-bond acceptors (Lipinski definition) is 11. The number of amides is 1. The van der Waals surface area contributed by atoms with E-state index >= 15 is 0 Å². The molecule has 0 radical (unpaired) electrons. The molecule has 53 heavy (non-hydrogen) atoms. The average molecular weight is 766 g/mol. The minimum atomic E-state index is -3.87.